The van der Waals surface area contributed by atoms with Crippen LogP contribution in [0.15, 0.2) is 54.7 Å². The van der Waals surface area contributed by atoms with Gasteiger partial charge in [-0.25, -0.2) is 4.68 Å². The van der Waals surface area contributed by atoms with E-state index in [4.69, 9.17) is 0 Å². The standard InChI is InChI=1S/C20H19N5O4/c1-3-18-17(12-21-24(18)15-8-4-6-13(2)10-15)20(27)23-22-19(26)14-7-5-9-16(11-14)25(28)29/h4-12H,3H2,1-2H3,(H,22,26)(H,23,27). The van der Waals surface area contributed by atoms with Crippen LogP contribution in [0.4, 0.5) is 5.69 Å². The molecule has 0 radical (unpaired) electrons. The first-order chi connectivity index (χ1) is 13.9. The van der Waals surface area contributed by atoms with Crippen molar-refractivity contribution in [2.45, 2.75) is 20.3 Å². The Morgan fingerprint density at radius 1 is 1.10 bits per heavy atom. The highest BCUT2D eigenvalue weighted by Gasteiger charge is 2.18. The number of hydrogen-bond donors (Lipinski definition) is 2. The third-order valence-electron chi connectivity index (χ3n) is 4.30. The van der Waals surface area contributed by atoms with E-state index in [0.717, 1.165) is 17.3 Å². The molecule has 1 heterocycles. The van der Waals surface area contributed by atoms with Crippen LogP contribution in [-0.2, 0) is 6.42 Å². The van der Waals surface area contributed by atoms with Gasteiger partial charge in [0.25, 0.3) is 17.5 Å². The van der Waals surface area contributed by atoms with Gasteiger partial charge >= 0.3 is 0 Å². The molecule has 0 bridgehead atoms. The number of benzene rings is 2. The molecule has 2 N–H and O–H groups in total. The van der Waals surface area contributed by atoms with Crippen molar-refractivity contribution in [3.05, 3.63) is 87.2 Å². The highest BCUT2D eigenvalue weighted by molar-refractivity contribution is 5.99. The normalized spacial score (nSPS) is 10.4. The topological polar surface area (TPSA) is 119 Å². The molecule has 29 heavy (non-hydrogen) atoms. The minimum absolute atomic E-state index is 0.0608. The number of hydrazine groups is 1. The number of nitrogens with zero attached hydrogens (tertiary/aromatic N) is 3. The number of non-ortho nitro benzene ring substituents is 1. The Bertz CT molecular complexity index is 1090. The van der Waals surface area contributed by atoms with Gasteiger partial charge in [0.2, 0.25) is 0 Å². The number of hydrogen-bond acceptors (Lipinski definition) is 5. The molecule has 2 aromatic carbocycles. The predicted molar refractivity (Wildman–Crippen MR) is 106 cm³/mol. The molecule has 1 aromatic heterocycles. The van der Waals surface area contributed by atoms with E-state index in [1.807, 2.05) is 38.1 Å². The van der Waals surface area contributed by atoms with Gasteiger partial charge in [-0.15, -0.1) is 0 Å². The van der Waals surface area contributed by atoms with Crippen molar-refractivity contribution in [3.8, 4) is 5.69 Å². The van der Waals surface area contributed by atoms with E-state index in [9.17, 15) is 19.7 Å². The molecule has 0 saturated carbocycles. The summed E-state index contributed by atoms with van der Waals surface area (Å²) in [5.74, 6) is -1.19. The van der Waals surface area contributed by atoms with E-state index in [-0.39, 0.29) is 11.3 Å². The van der Waals surface area contributed by atoms with Crippen LogP contribution in [0.25, 0.3) is 5.69 Å². The third-order valence-corrected chi connectivity index (χ3v) is 4.30. The second-order valence-electron chi connectivity index (χ2n) is 6.32. The first kappa shape index (κ1) is 19.7. The Labute approximate surface area is 166 Å². The Hall–Kier alpha value is -4.01. The van der Waals surface area contributed by atoms with E-state index in [0.29, 0.717) is 17.7 Å². The Kier molecular flexibility index (Phi) is 5.68. The average molecular weight is 393 g/mol. The van der Waals surface area contributed by atoms with Gasteiger partial charge < -0.3 is 0 Å². The lowest BCUT2D eigenvalue weighted by Gasteiger charge is -2.10. The van der Waals surface area contributed by atoms with Crippen molar-refractivity contribution in [2.75, 3.05) is 0 Å². The number of carbonyl (C=O) groups is 2. The number of rotatable bonds is 5. The lowest BCUT2D eigenvalue weighted by atomic mass is 10.1. The van der Waals surface area contributed by atoms with Crippen LogP contribution in [0.3, 0.4) is 0 Å². The fourth-order valence-corrected chi connectivity index (χ4v) is 2.90. The average Bonchev–Trinajstić information content (AvgIpc) is 3.16. The predicted octanol–water partition coefficient (Wildman–Crippen LogP) is 2.73. The van der Waals surface area contributed by atoms with Gasteiger partial charge in [0, 0.05) is 17.7 Å². The lowest BCUT2D eigenvalue weighted by Crippen LogP contribution is -2.41. The summed E-state index contributed by atoms with van der Waals surface area (Å²) in [5.41, 5.74) is 7.38. The summed E-state index contributed by atoms with van der Waals surface area (Å²) in [6.45, 7) is 3.87. The molecule has 2 amide bonds. The highest BCUT2D eigenvalue weighted by Crippen LogP contribution is 2.17. The van der Waals surface area contributed by atoms with E-state index in [1.54, 1.807) is 4.68 Å². The van der Waals surface area contributed by atoms with Gasteiger partial charge in [-0.3, -0.25) is 30.6 Å². The minimum atomic E-state index is -0.661. The largest absolute Gasteiger partial charge is 0.273 e. The molecule has 0 atom stereocenters. The van der Waals surface area contributed by atoms with Gasteiger partial charge in [0.15, 0.2) is 0 Å². The van der Waals surface area contributed by atoms with Crippen molar-refractivity contribution < 1.29 is 14.5 Å². The van der Waals surface area contributed by atoms with Crippen LogP contribution in [0.2, 0.25) is 0 Å². The number of carbonyl (C=O) groups excluding carboxylic acids is 2. The summed E-state index contributed by atoms with van der Waals surface area (Å²) < 4.78 is 1.68. The zero-order valence-electron chi connectivity index (χ0n) is 15.9. The van der Waals surface area contributed by atoms with E-state index < -0.39 is 16.7 Å². The maximum absolute atomic E-state index is 12.6. The first-order valence-corrected chi connectivity index (χ1v) is 8.89. The van der Waals surface area contributed by atoms with Gasteiger partial charge in [-0.1, -0.05) is 25.1 Å². The quantitative estimate of drug-likeness (QED) is 0.510. The SMILES string of the molecule is CCc1c(C(=O)NNC(=O)c2cccc([N+](=O)[O-])c2)cnn1-c1cccc(C)c1. The monoisotopic (exact) mass is 393 g/mol. The molecule has 0 spiro atoms. The smallest absolute Gasteiger partial charge is 0.267 e. The van der Waals surface area contributed by atoms with Gasteiger partial charge in [-0.2, -0.15) is 5.10 Å². The summed E-state index contributed by atoms with van der Waals surface area (Å²) in [6.07, 6.45) is 1.99. The molecule has 0 saturated heterocycles. The molecule has 9 nitrogen and oxygen atoms in total. The molecule has 0 aliphatic heterocycles. The summed E-state index contributed by atoms with van der Waals surface area (Å²) in [6, 6.07) is 13.0. The van der Waals surface area contributed by atoms with Gasteiger partial charge in [-0.05, 0) is 37.1 Å². The van der Waals surface area contributed by atoms with Crippen molar-refractivity contribution in [2.24, 2.45) is 0 Å². The van der Waals surface area contributed by atoms with Crippen LogP contribution < -0.4 is 10.9 Å². The van der Waals surface area contributed by atoms with Crippen LogP contribution in [-0.4, -0.2) is 26.5 Å². The van der Waals surface area contributed by atoms with Crippen LogP contribution in [0.5, 0.6) is 0 Å². The van der Waals surface area contributed by atoms with E-state index in [2.05, 4.69) is 16.0 Å². The molecule has 0 aliphatic rings. The fraction of sp³-hybridized carbons (Fsp3) is 0.150. The molecule has 9 heteroatoms. The number of nitro benzene ring substituents is 1. The molecule has 0 fully saturated rings. The van der Waals surface area contributed by atoms with Crippen LogP contribution in [0, 0.1) is 17.0 Å². The van der Waals surface area contributed by atoms with Crippen molar-refractivity contribution in [1.29, 1.82) is 0 Å². The first-order valence-electron chi connectivity index (χ1n) is 8.89. The van der Waals surface area contributed by atoms with Crippen LogP contribution in [0.1, 0.15) is 38.9 Å². The van der Waals surface area contributed by atoms with E-state index >= 15 is 0 Å². The Morgan fingerprint density at radius 3 is 2.52 bits per heavy atom. The summed E-state index contributed by atoms with van der Waals surface area (Å²) in [7, 11) is 0. The number of nitro groups is 1. The van der Waals surface area contributed by atoms with Gasteiger partial charge in [0.05, 0.1) is 28.1 Å². The zero-order valence-corrected chi connectivity index (χ0v) is 15.9. The third kappa shape index (κ3) is 4.29. The summed E-state index contributed by atoms with van der Waals surface area (Å²) >= 11 is 0. The summed E-state index contributed by atoms with van der Waals surface area (Å²) in [4.78, 5) is 35.0. The second kappa shape index (κ2) is 8.34. The number of nitrogens with one attached hydrogen (secondary N) is 2. The molecule has 0 unspecified atom stereocenters. The van der Waals surface area contributed by atoms with Crippen molar-refractivity contribution in [1.82, 2.24) is 20.6 Å². The zero-order chi connectivity index (χ0) is 21.0. The van der Waals surface area contributed by atoms with Gasteiger partial charge in [0.1, 0.15) is 0 Å². The lowest BCUT2D eigenvalue weighted by molar-refractivity contribution is -0.384. The molecule has 3 aromatic rings. The Morgan fingerprint density at radius 2 is 1.83 bits per heavy atom. The Balaban J connectivity index is 1.75. The molecular weight excluding hydrogens is 374 g/mol. The van der Waals surface area contributed by atoms with E-state index in [1.165, 1.54) is 24.4 Å². The highest BCUT2D eigenvalue weighted by atomic mass is 16.6. The fourth-order valence-electron chi connectivity index (χ4n) is 2.90. The van der Waals surface area contributed by atoms with Crippen molar-refractivity contribution in [3.63, 3.8) is 0 Å². The molecule has 3 rings (SSSR count). The maximum Gasteiger partial charge on any atom is 0.273 e. The second-order valence-corrected chi connectivity index (χ2v) is 6.32. The van der Waals surface area contributed by atoms with Crippen LogP contribution >= 0.6 is 0 Å². The molecular formula is C20H19N5O4. The maximum atomic E-state index is 12.6. The summed E-state index contributed by atoms with van der Waals surface area (Å²) in [5, 5.41) is 15.1. The number of amides is 2. The molecule has 0 aliphatic carbocycles. The molecule has 148 valence electrons. The number of aryl methyl sites for hydroxylation is 1. The minimum Gasteiger partial charge on any atom is -0.267 e. The number of aromatic nitrogens is 2. The van der Waals surface area contributed by atoms with Crippen molar-refractivity contribution >= 4 is 17.5 Å².